The molecule has 134 valence electrons. The number of hydrogen-bond acceptors (Lipinski definition) is 6. The number of Topliss-reactive ketones (excluding diaryl/α,β-unsaturated/α-hetero) is 1. The lowest BCUT2D eigenvalue weighted by molar-refractivity contribution is 0.0994. The summed E-state index contributed by atoms with van der Waals surface area (Å²) in [5.74, 6) is 0.814. The summed E-state index contributed by atoms with van der Waals surface area (Å²) < 4.78 is 7.20. The molecule has 1 aromatic carbocycles. The fraction of sp³-hybridized carbons (Fsp3) is 0.263. The van der Waals surface area contributed by atoms with E-state index in [1.165, 1.54) is 11.8 Å². The van der Waals surface area contributed by atoms with Crippen LogP contribution in [0.3, 0.4) is 0 Å². The fourth-order valence-electron chi connectivity index (χ4n) is 2.52. The first-order valence-corrected chi connectivity index (χ1v) is 9.17. The van der Waals surface area contributed by atoms with Crippen LogP contribution in [0, 0.1) is 0 Å². The van der Waals surface area contributed by atoms with Gasteiger partial charge in [0.05, 0.1) is 18.4 Å². The number of carbonyl (C=O) groups excluding carboxylic acids is 1. The molecule has 0 N–H and O–H groups in total. The van der Waals surface area contributed by atoms with Gasteiger partial charge in [-0.15, -0.1) is 10.2 Å². The molecule has 2 heterocycles. The Hall–Kier alpha value is -2.51. The largest absolute Gasteiger partial charge is 0.383 e. The third-order valence-corrected chi connectivity index (χ3v) is 4.96. The van der Waals surface area contributed by atoms with Gasteiger partial charge in [-0.2, -0.15) is 0 Å². The Morgan fingerprint density at radius 2 is 1.88 bits per heavy atom. The van der Waals surface area contributed by atoms with Gasteiger partial charge in [-0.25, -0.2) is 0 Å². The van der Waals surface area contributed by atoms with E-state index >= 15 is 0 Å². The Morgan fingerprint density at radius 3 is 2.58 bits per heavy atom. The number of thioether (sulfide) groups is 1. The van der Waals surface area contributed by atoms with Crippen LogP contribution in [0.5, 0.6) is 0 Å². The number of nitrogens with zero attached hydrogens (tertiary/aromatic N) is 4. The zero-order valence-corrected chi connectivity index (χ0v) is 15.5. The number of ketones is 1. The van der Waals surface area contributed by atoms with Gasteiger partial charge in [0.1, 0.15) is 0 Å². The molecule has 0 fully saturated rings. The van der Waals surface area contributed by atoms with Gasteiger partial charge in [0.25, 0.3) is 0 Å². The third kappa shape index (κ3) is 4.17. The van der Waals surface area contributed by atoms with E-state index < -0.39 is 0 Å². The number of hydrogen-bond donors (Lipinski definition) is 0. The molecule has 0 aliphatic heterocycles. The first kappa shape index (κ1) is 18.3. The van der Waals surface area contributed by atoms with E-state index in [-0.39, 0.29) is 11.0 Å². The predicted octanol–water partition coefficient (Wildman–Crippen LogP) is 3.35. The molecular weight excluding hydrogens is 348 g/mol. The van der Waals surface area contributed by atoms with E-state index in [0.717, 1.165) is 11.4 Å². The van der Waals surface area contributed by atoms with Crippen molar-refractivity contribution in [2.24, 2.45) is 0 Å². The maximum atomic E-state index is 12.6. The van der Waals surface area contributed by atoms with Crippen molar-refractivity contribution in [3.63, 3.8) is 0 Å². The highest BCUT2D eigenvalue weighted by atomic mass is 32.2. The molecule has 2 aromatic heterocycles. The van der Waals surface area contributed by atoms with Crippen molar-refractivity contribution in [2.45, 2.75) is 23.9 Å². The second kappa shape index (κ2) is 8.73. The quantitative estimate of drug-likeness (QED) is 0.449. The summed E-state index contributed by atoms with van der Waals surface area (Å²) in [6.45, 7) is 3.03. The Balaban J connectivity index is 1.85. The van der Waals surface area contributed by atoms with Crippen LogP contribution in [-0.4, -0.2) is 44.5 Å². The number of aromatic nitrogens is 4. The standard InChI is InChI=1S/C19H20N4O2S/c1-14(17(24)15-6-4-3-5-7-15)26-19-22-21-18(23(19)12-13-25-2)16-8-10-20-11-9-16/h3-11,14H,12-13H2,1-2H3. The Bertz CT molecular complexity index is 852. The van der Waals surface area contributed by atoms with Crippen molar-refractivity contribution < 1.29 is 9.53 Å². The van der Waals surface area contributed by atoms with Gasteiger partial charge >= 0.3 is 0 Å². The molecule has 0 aliphatic carbocycles. The maximum Gasteiger partial charge on any atom is 0.192 e. The monoisotopic (exact) mass is 368 g/mol. The number of ether oxygens (including phenoxy) is 1. The first-order valence-electron chi connectivity index (χ1n) is 8.29. The van der Waals surface area contributed by atoms with Crippen LogP contribution < -0.4 is 0 Å². The van der Waals surface area contributed by atoms with Gasteiger partial charge in [-0.05, 0) is 19.1 Å². The van der Waals surface area contributed by atoms with Crippen molar-refractivity contribution in [3.8, 4) is 11.4 Å². The predicted molar refractivity (Wildman–Crippen MR) is 101 cm³/mol. The smallest absolute Gasteiger partial charge is 0.192 e. The first-order chi connectivity index (χ1) is 12.7. The number of carbonyl (C=O) groups is 1. The molecule has 0 spiro atoms. The zero-order chi connectivity index (χ0) is 18.4. The zero-order valence-electron chi connectivity index (χ0n) is 14.7. The van der Waals surface area contributed by atoms with Gasteiger partial charge in [0.15, 0.2) is 16.8 Å². The van der Waals surface area contributed by atoms with E-state index in [2.05, 4.69) is 15.2 Å². The number of benzene rings is 1. The van der Waals surface area contributed by atoms with Crippen LogP contribution in [-0.2, 0) is 11.3 Å². The molecule has 0 saturated heterocycles. The summed E-state index contributed by atoms with van der Waals surface area (Å²) in [6.07, 6.45) is 3.44. The molecule has 0 amide bonds. The van der Waals surface area contributed by atoms with E-state index in [0.29, 0.717) is 23.9 Å². The lowest BCUT2D eigenvalue weighted by atomic mass is 10.1. The van der Waals surface area contributed by atoms with Gasteiger partial charge in [0, 0.05) is 30.6 Å². The van der Waals surface area contributed by atoms with Crippen LogP contribution >= 0.6 is 11.8 Å². The summed E-state index contributed by atoms with van der Waals surface area (Å²) in [4.78, 5) is 16.7. The highest BCUT2D eigenvalue weighted by Gasteiger charge is 2.21. The summed E-state index contributed by atoms with van der Waals surface area (Å²) in [7, 11) is 1.66. The van der Waals surface area contributed by atoms with Gasteiger partial charge in [0.2, 0.25) is 0 Å². The normalized spacial score (nSPS) is 12.1. The van der Waals surface area contributed by atoms with Crippen LogP contribution in [0.4, 0.5) is 0 Å². The summed E-state index contributed by atoms with van der Waals surface area (Å²) in [6, 6.07) is 13.1. The minimum absolute atomic E-state index is 0.0716. The second-order valence-electron chi connectivity index (χ2n) is 5.68. The lowest BCUT2D eigenvalue weighted by Gasteiger charge is -2.13. The topological polar surface area (TPSA) is 69.9 Å². The van der Waals surface area contributed by atoms with Crippen molar-refractivity contribution >= 4 is 17.5 Å². The van der Waals surface area contributed by atoms with Crippen molar-refractivity contribution in [2.75, 3.05) is 13.7 Å². The summed E-state index contributed by atoms with van der Waals surface area (Å²) in [5, 5.41) is 9.06. The van der Waals surface area contributed by atoms with Crippen LogP contribution in [0.15, 0.2) is 60.0 Å². The average molecular weight is 368 g/mol. The van der Waals surface area contributed by atoms with E-state index in [9.17, 15) is 4.79 Å². The van der Waals surface area contributed by atoms with Crippen LogP contribution in [0.2, 0.25) is 0 Å². The Labute approximate surface area is 156 Å². The minimum atomic E-state index is -0.270. The average Bonchev–Trinajstić information content (AvgIpc) is 3.09. The Kier molecular flexibility index (Phi) is 6.14. The molecule has 0 bridgehead atoms. The maximum absolute atomic E-state index is 12.6. The van der Waals surface area contributed by atoms with Gasteiger partial charge < -0.3 is 4.74 Å². The molecule has 7 heteroatoms. The van der Waals surface area contributed by atoms with E-state index in [1.807, 2.05) is 54.0 Å². The minimum Gasteiger partial charge on any atom is -0.383 e. The van der Waals surface area contributed by atoms with Crippen LogP contribution in [0.1, 0.15) is 17.3 Å². The van der Waals surface area contributed by atoms with Crippen molar-refractivity contribution in [3.05, 3.63) is 60.4 Å². The Morgan fingerprint density at radius 1 is 1.15 bits per heavy atom. The summed E-state index contributed by atoms with van der Waals surface area (Å²) in [5.41, 5.74) is 1.63. The van der Waals surface area contributed by atoms with Gasteiger partial charge in [-0.1, -0.05) is 42.1 Å². The number of methoxy groups -OCH3 is 1. The molecule has 1 unspecified atom stereocenters. The van der Waals surface area contributed by atoms with E-state index in [1.54, 1.807) is 19.5 Å². The molecule has 1 atom stereocenters. The molecule has 0 radical (unpaired) electrons. The lowest BCUT2D eigenvalue weighted by Crippen LogP contribution is -2.15. The molecule has 26 heavy (non-hydrogen) atoms. The molecule has 3 aromatic rings. The fourth-order valence-corrected chi connectivity index (χ4v) is 3.48. The second-order valence-corrected chi connectivity index (χ2v) is 6.98. The van der Waals surface area contributed by atoms with Crippen molar-refractivity contribution in [1.82, 2.24) is 19.7 Å². The molecule has 6 nitrogen and oxygen atoms in total. The number of pyridine rings is 1. The molecule has 0 aliphatic rings. The molecular formula is C19H20N4O2S. The van der Waals surface area contributed by atoms with E-state index in [4.69, 9.17) is 4.74 Å². The molecule has 3 rings (SSSR count). The van der Waals surface area contributed by atoms with Crippen LogP contribution in [0.25, 0.3) is 11.4 Å². The van der Waals surface area contributed by atoms with Gasteiger partial charge in [-0.3, -0.25) is 14.3 Å². The highest BCUT2D eigenvalue weighted by Crippen LogP contribution is 2.28. The summed E-state index contributed by atoms with van der Waals surface area (Å²) >= 11 is 1.41. The SMILES string of the molecule is COCCn1c(SC(C)C(=O)c2ccccc2)nnc1-c1ccncc1. The highest BCUT2D eigenvalue weighted by molar-refractivity contribution is 8.00. The number of rotatable bonds is 8. The molecule has 0 saturated carbocycles. The third-order valence-electron chi connectivity index (χ3n) is 3.88. The van der Waals surface area contributed by atoms with Crippen molar-refractivity contribution in [1.29, 1.82) is 0 Å².